The van der Waals surface area contributed by atoms with Crippen molar-refractivity contribution in [2.24, 2.45) is 5.92 Å². The van der Waals surface area contributed by atoms with Gasteiger partial charge in [0.15, 0.2) is 0 Å². The van der Waals surface area contributed by atoms with Crippen molar-refractivity contribution >= 4 is 17.5 Å². The number of methoxy groups -OCH3 is 2. The molecule has 0 aliphatic carbocycles. The minimum Gasteiger partial charge on any atom is -0.497 e. The molecule has 0 bridgehead atoms. The zero-order valence-corrected chi connectivity index (χ0v) is 17.4. The van der Waals surface area contributed by atoms with Gasteiger partial charge in [-0.05, 0) is 41.8 Å². The third-order valence-electron chi connectivity index (χ3n) is 4.69. The molecule has 2 aromatic rings. The molecule has 1 unspecified atom stereocenters. The Morgan fingerprint density at radius 1 is 1.25 bits per heavy atom. The normalized spacial score (nSPS) is 15.1. The van der Waals surface area contributed by atoms with Gasteiger partial charge in [0.1, 0.15) is 23.4 Å². The molecular weight excluding hydrogens is 378 g/mol. The molecule has 1 aliphatic heterocycles. The van der Waals surface area contributed by atoms with E-state index in [2.05, 4.69) is 11.4 Å². The lowest BCUT2D eigenvalue weighted by molar-refractivity contribution is -0.122. The minimum absolute atomic E-state index is 0.0439. The molecule has 0 saturated carbocycles. The Morgan fingerprint density at radius 3 is 2.71 bits per heavy atom. The van der Waals surface area contributed by atoms with Gasteiger partial charge in [-0.3, -0.25) is 4.79 Å². The van der Waals surface area contributed by atoms with Gasteiger partial charge in [0.25, 0.3) is 0 Å². The van der Waals surface area contributed by atoms with Crippen LogP contribution in [0.5, 0.6) is 17.2 Å². The van der Waals surface area contributed by atoms with E-state index in [4.69, 9.17) is 25.8 Å². The van der Waals surface area contributed by atoms with Crippen molar-refractivity contribution < 1.29 is 19.0 Å². The fraction of sp³-hybridized carbons (Fsp3) is 0.409. The van der Waals surface area contributed by atoms with Crippen LogP contribution in [-0.2, 0) is 11.2 Å². The summed E-state index contributed by atoms with van der Waals surface area (Å²) in [6.45, 7) is 4.51. The Bertz CT molecular complexity index is 866. The van der Waals surface area contributed by atoms with Crippen LogP contribution in [0.2, 0.25) is 5.02 Å². The number of carbonyl (C=O) groups excluding carboxylic acids is 1. The van der Waals surface area contributed by atoms with Crippen LogP contribution in [0.15, 0.2) is 30.3 Å². The summed E-state index contributed by atoms with van der Waals surface area (Å²) >= 11 is 6.51. The van der Waals surface area contributed by atoms with Gasteiger partial charge >= 0.3 is 0 Å². The highest BCUT2D eigenvalue weighted by Crippen LogP contribution is 2.42. The predicted molar refractivity (Wildman–Crippen MR) is 111 cm³/mol. The molecule has 3 rings (SSSR count). The Morgan fingerprint density at radius 2 is 2.04 bits per heavy atom. The Hall–Kier alpha value is -2.40. The van der Waals surface area contributed by atoms with E-state index in [1.165, 1.54) is 0 Å². The van der Waals surface area contributed by atoms with Crippen LogP contribution in [0, 0.1) is 5.92 Å². The maximum absolute atomic E-state index is 11.9. The van der Waals surface area contributed by atoms with E-state index in [0.717, 1.165) is 28.2 Å². The summed E-state index contributed by atoms with van der Waals surface area (Å²) in [6.07, 6.45) is 1.09. The molecule has 1 N–H and O–H groups in total. The van der Waals surface area contributed by atoms with E-state index >= 15 is 0 Å². The van der Waals surface area contributed by atoms with Crippen molar-refractivity contribution in [1.82, 2.24) is 5.32 Å². The number of hydrogen-bond acceptors (Lipinski definition) is 4. The average molecular weight is 404 g/mol. The molecular formula is C22H26ClNO4. The monoisotopic (exact) mass is 403 g/mol. The van der Waals surface area contributed by atoms with E-state index in [-0.39, 0.29) is 12.0 Å². The highest BCUT2D eigenvalue weighted by Gasteiger charge is 2.27. The number of nitrogens with one attached hydrogen (secondary N) is 1. The van der Waals surface area contributed by atoms with Gasteiger partial charge in [-0.15, -0.1) is 0 Å². The van der Waals surface area contributed by atoms with Crippen LogP contribution in [-0.4, -0.2) is 32.8 Å². The fourth-order valence-electron chi connectivity index (χ4n) is 3.37. The summed E-state index contributed by atoms with van der Waals surface area (Å²) in [4.78, 5) is 11.9. The molecule has 2 aromatic carbocycles. The smallest absolute Gasteiger partial charge is 0.220 e. The molecule has 5 nitrogen and oxygen atoms in total. The topological polar surface area (TPSA) is 56.8 Å². The highest BCUT2D eigenvalue weighted by molar-refractivity contribution is 6.32. The van der Waals surface area contributed by atoms with Gasteiger partial charge < -0.3 is 19.5 Å². The van der Waals surface area contributed by atoms with Crippen molar-refractivity contribution in [3.8, 4) is 28.4 Å². The first kappa shape index (κ1) is 20.3. The van der Waals surface area contributed by atoms with Crippen LogP contribution in [0.4, 0.5) is 0 Å². The van der Waals surface area contributed by atoms with E-state index in [1.807, 2.05) is 38.1 Å². The molecule has 0 saturated heterocycles. The third-order valence-corrected chi connectivity index (χ3v) is 4.97. The molecule has 1 amide bonds. The lowest BCUT2D eigenvalue weighted by Crippen LogP contribution is -2.34. The molecule has 0 radical (unpaired) electrons. The van der Waals surface area contributed by atoms with Gasteiger partial charge in [-0.2, -0.15) is 0 Å². The molecule has 1 atom stereocenters. The number of carbonyl (C=O) groups is 1. The molecule has 0 aromatic heterocycles. The quantitative estimate of drug-likeness (QED) is 0.740. The number of hydrogen-bond donors (Lipinski definition) is 1. The van der Waals surface area contributed by atoms with Gasteiger partial charge in [0.05, 0.1) is 25.8 Å². The molecule has 6 heteroatoms. The number of amides is 1. The second-order valence-corrected chi connectivity index (χ2v) is 7.77. The average Bonchev–Trinajstić information content (AvgIpc) is 3.09. The summed E-state index contributed by atoms with van der Waals surface area (Å²) in [5.74, 6) is 2.55. The van der Waals surface area contributed by atoms with Crippen LogP contribution >= 0.6 is 11.6 Å². The predicted octanol–water partition coefficient (Wildman–Crippen LogP) is 4.49. The Kier molecular flexibility index (Phi) is 6.35. The van der Waals surface area contributed by atoms with E-state index in [9.17, 15) is 4.79 Å². The summed E-state index contributed by atoms with van der Waals surface area (Å²) in [7, 11) is 3.27. The first-order valence-electron chi connectivity index (χ1n) is 9.39. The fourth-order valence-corrected chi connectivity index (χ4v) is 3.65. The second-order valence-electron chi connectivity index (χ2n) is 7.36. The van der Waals surface area contributed by atoms with Gasteiger partial charge in [0, 0.05) is 24.0 Å². The molecule has 28 heavy (non-hydrogen) atoms. The van der Waals surface area contributed by atoms with E-state index in [1.54, 1.807) is 14.2 Å². The van der Waals surface area contributed by atoms with Gasteiger partial charge in [-0.1, -0.05) is 25.4 Å². The van der Waals surface area contributed by atoms with Crippen LogP contribution < -0.4 is 19.5 Å². The Labute approximate surface area is 170 Å². The largest absolute Gasteiger partial charge is 0.497 e. The number of fused-ring (bicyclic) bond motifs is 1. The lowest BCUT2D eigenvalue weighted by atomic mass is 9.99. The molecule has 150 valence electrons. The molecule has 0 fully saturated rings. The molecule has 0 spiro atoms. The molecule has 1 heterocycles. The SMILES string of the molecule is COc1ccc(OC)c(-c2cc(Cl)c3c(c2)CC(CNC(=O)CC(C)C)O3)c1. The lowest BCUT2D eigenvalue weighted by Gasteiger charge is -2.13. The van der Waals surface area contributed by atoms with Crippen molar-refractivity contribution in [1.29, 1.82) is 0 Å². The maximum atomic E-state index is 11.9. The van der Waals surface area contributed by atoms with Crippen LogP contribution in [0.1, 0.15) is 25.8 Å². The molecule has 1 aliphatic rings. The van der Waals surface area contributed by atoms with Gasteiger partial charge in [-0.25, -0.2) is 0 Å². The van der Waals surface area contributed by atoms with E-state index < -0.39 is 0 Å². The van der Waals surface area contributed by atoms with Crippen molar-refractivity contribution in [2.75, 3.05) is 20.8 Å². The zero-order valence-electron chi connectivity index (χ0n) is 16.7. The van der Waals surface area contributed by atoms with Crippen molar-refractivity contribution in [3.05, 3.63) is 40.9 Å². The number of ether oxygens (including phenoxy) is 3. The summed E-state index contributed by atoms with van der Waals surface area (Å²) in [6, 6.07) is 9.59. The highest BCUT2D eigenvalue weighted by atomic mass is 35.5. The summed E-state index contributed by atoms with van der Waals surface area (Å²) in [5, 5.41) is 3.50. The van der Waals surface area contributed by atoms with Crippen molar-refractivity contribution in [3.63, 3.8) is 0 Å². The first-order valence-corrected chi connectivity index (χ1v) is 9.77. The Balaban J connectivity index is 1.79. The zero-order chi connectivity index (χ0) is 20.3. The minimum atomic E-state index is -0.119. The summed E-state index contributed by atoms with van der Waals surface area (Å²) < 4.78 is 16.8. The van der Waals surface area contributed by atoms with Gasteiger partial charge in [0.2, 0.25) is 5.91 Å². The van der Waals surface area contributed by atoms with E-state index in [0.29, 0.717) is 36.1 Å². The third kappa shape index (κ3) is 4.53. The number of halogens is 1. The first-order chi connectivity index (χ1) is 13.4. The van der Waals surface area contributed by atoms with Crippen LogP contribution in [0.3, 0.4) is 0 Å². The number of rotatable bonds is 7. The maximum Gasteiger partial charge on any atom is 0.220 e. The van der Waals surface area contributed by atoms with Crippen LogP contribution in [0.25, 0.3) is 11.1 Å². The standard InChI is InChI=1S/C22H26ClNO4/c1-13(2)7-21(25)24-12-17-9-15-8-14(10-19(23)22(15)28-17)18-11-16(26-3)5-6-20(18)27-4/h5-6,8,10-11,13,17H,7,9,12H2,1-4H3,(H,24,25). The summed E-state index contributed by atoms with van der Waals surface area (Å²) in [5.41, 5.74) is 2.86. The number of benzene rings is 2. The second kappa shape index (κ2) is 8.74. The van der Waals surface area contributed by atoms with Crippen molar-refractivity contribution in [2.45, 2.75) is 32.8 Å².